The Kier molecular flexibility index (Phi) is 3.18. The molecule has 0 aliphatic rings. The van der Waals surface area contributed by atoms with Crippen LogP contribution in [0.4, 0.5) is 0 Å². The van der Waals surface area contributed by atoms with Crippen molar-refractivity contribution in [2.45, 2.75) is 13.5 Å². The molecule has 1 heterocycles. The molecule has 15 heavy (non-hydrogen) atoms. The Hall–Kier alpha value is -1.13. The van der Waals surface area contributed by atoms with Crippen LogP contribution >= 0.6 is 23.1 Å². The molecule has 0 radical (unpaired) electrons. The molecule has 0 fully saturated rings. The SMILES string of the molecule is Cc1ccccc1OCc1nnsc1Cl. The molecular weight excluding hydrogens is 232 g/mol. The summed E-state index contributed by atoms with van der Waals surface area (Å²) in [6, 6.07) is 7.82. The number of nitrogens with zero attached hydrogens (tertiary/aromatic N) is 2. The average molecular weight is 241 g/mol. The monoisotopic (exact) mass is 240 g/mol. The van der Waals surface area contributed by atoms with Gasteiger partial charge in [0.25, 0.3) is 0 Å². The lowest BCUT2D eigenvalue weighted by Crippen LogP contribution is -1.97. The Morgan fingerprint density at radius 1 is 1.40 bits per heavy atom. The number of ether oxygens (including phenoxy) is 1. The molecule has 3 nitrogen and oxygen atoms in total. The van der Waals surface area contributed by atoms with E-state index in [4.69, 9.17) is 16.3 Å². The fourth-order valence-electron chi connectivity index (χ4n) is 1.15. The van der Waals surface area contributed by atoms with Gasteiger partial charge in [0.05, 0.1) is 0 Å². The van der Waals surface area contributed by atoms with Crippen molar-refractivity contribution in [3.05, 3.63) is 39.9 Å². The minimum Gasteiger partial charge on any atom is -0.487 e. The second-order valence-corrected chi connectivity index (χ2v) is 4.40. The van der Waals surface area contributed by atoms with Gasteiger partial charge in [0.1, 0.15) is 22.4 Å². The molecule has 0 bridgehead atoms. The number of aryl methyl sites for hydroxylation is 1. The van der Waals surface area contributed by atoms with Gasteiger partial charge < -0.3 is 4.74 Å². The first-order valence-corrected chi connectivity index (χ1v) is 5.57. The molecule has 1 aromatic heterocycles. The molecule has 0 aliphatic carbocycles. The number of hydrogen-bond donors (Lipinski definition) is 0. The molecule has 0 aliphatic heterocycles. The van der Waals surface area contributed by atoms with Gasteiger partial charge in [-0.2, -0.15) is 0 Å². The Labute approximate surface area is 96.8 Å². The number of aromatic nitrogens is 2. The zero-order valence-electron chi connectivity index (χ0n) is 8.11. The summed E-state index contributed by atoms with van der Waals surface area (Å²) >= 11 is 7.03. The standard InChI is InChI=1S/C10H9ClN2OS/c1-7-4-2-3-5-9(7)14-6-8-10(11)15-13-12-8/h2-5H,6H2,1H3. The fourth-order valence-corrected chi connectivity index (χ4v) is 1.75. The third-order valence-corrected chi connectivity index (χ3v) is 2.95. The van der Waals surface area contributed by atoms with Crippen molar-refractivity contribution in [1.29, 1.82) is 0 Å². The van der Waals surface area contributed by atoms with Crippen LogP contribution in [-0.2, 0) is 6.61 Å². The van der Waals surface area contributed by atoms with E-state index in [1.54, 1.807) is 0 Å². The average Bonchev–Trinajstić information content (AvgIpc) is 2.63. The van der Waals surface area contributed by atoms with E-state index in [1.165, 1.54) is 11.5 Å². The molecule has 0 saturated carbocycles. The van der Waals surface area contributed by atoms with E-state index in [0.717, 1.165) is 11.3 Å². The van der Waals surface area contributed by atoms with E-state index in [-0.39, 0.29) is 0 Å². The van der Waals surface area contributed by atoms with Crippen LogP contribution in [0.2, 0.25) is 4.34 Å². The highest BCUT2D eigenvalue weighted by Gasteiger charge is 2.06. The van der Waals surface area contributed by atoms with Crippen LogP contribution in [0.5, 0.6) is 5.75 Å². The molecule has 0 spiro atoms. The molecule has 2 rings (SSSR count). The summed E-state index contributed by atoms with van der Waals surface area (Å²) in [6.45, 7) is 2.36. The number of hydrogen-bond acceptors (Lipinski definition) is 4. The maximum Gasteiger partial charge on any atom is 0.141 e. The molecule has 0 N–H and O–H groups in total. The second kappa shape index (κ2) is 4.59. The molecule has 5 heteroatoms. The Morgan fingerprint density at radius 2 is 2.20 bits per heavy atom. The lowest BCUT2D eigenvalue weighted by molar-refractivity contribution is 0.299. The minimum absolute atomic E-state index is 0.361. The van der Waals surface area contributed by atoms with Gasteiger partial charge in [0, 0.05) is 11.5 Å². The Balaban J connectivity index is 2.06. The van der Waals surface area contributed by atoms with Crippen molar-refractivity contribution in [2.24, 2.45) is 0 Å². The van der Waals surface area contributed by atoms with E-state index < -0.39 is 0 Å². The summed E-state index contributed by atoms with van der Waals surface area (Å²) in [5.74, 6) is 0.849. The van der Waals surface area contributed by atoms with Crippen LogP contribution in [0.25, 0.3) is 0 Å². The van der Waals surface area contributed by atoms with Crippen molar-refractivity contribution in [1.82, 2.24) is 9.59 Å². The van der Waals surface area contributed by atoms with Crippen LogP contribution in [0, 0.1) is 6.92 Å². The van der Waals surface area contributed by atoms with Gasteiger partial charge in [-0.25, -0.2) is 0 Å². The largest absolute Gasteiger partial charge is 0.487 e. The highest BCUT2D eigenvalue weighted by atomic mass is 35.5. The highest BCUT2D eigenvalue weighted by molar-refractivity contribution is 7.10. The van der Waals surface area contributed by atoms with E-state index in [9.17, 15) is 0 Å². The molecule has 0 saturated heterocycles. The number of rotatable bonds is 3. The summed E-state index contributed by atoms with van der Waals surface area (Å²) in [5, 5.41) is 3.87. The van der Waals surface area contributed by atoms with Gasteiger partial charge in [-0.05, 0) is 18.6 Å². The van der Waals surface area contributed by atoms with Gasteiger partial charge >= 0.3 is 0 Å². The number of para-hydroxylation sites is 1. The van der Waals surface area contributed by atoms with Crippen LogP contribution in [0.3, 0.4) is 0 Å². The Bertz CT molecular complexity index is 458. The fraction of sp³-hybridized carbons (Fsp3) is 0.200. The van der Waals surface area contributed by atoms with Crippen LogP contribution in [-0.4, -0.2) is 9.59 Å². The summed E-state index contributed by atoms with van der Waals surface area (Å²) in [4.78, 5) is 0. The number of benzene rings is 1. The first-order chi connectivity index (χ1) is 7.27. The summed E-state index contributed by atoms with van der Waals surface area (Å²) in [7, 11) is 0. The van der Waals surface area contributed by atoms with Crippen molar-refractivity contribution >= 4 is 23.1 Å². The number of halogens is 1. The Morgan fingerprint density at radius 3 is 2.87 bits per heavy atom. The predicted octanol–water partition coefficient (Wildman–Crippen LogP) is 3.08. The summed E-state index contributed by atoms with van der Waals surface area (Å²) < 4.78 is 9.90. The minimum atomic E-state index is 0.361. The predicted molar refractivity (Wildman–Crippen MR) is 60.4 cm³/mol. The van der Waals surface area contributed by atoms with Crippen molar-refractivity contribution in [3.63, 3.8) is 0 Å². The third-order valence-electron chi connectivity index (χ3n) is 1.97. The van der Waals surface area contributed by atoms with Crippen LogP contribution < -0.4 is 4.74 Å². The molecule has 0 unspecified atom stereocenters. The lowest BCUT2D eigenvalue weighted by atomic mass is 10.2. The van der Waals surface area contributed by atoms with Crippen molar-refractivity contribution in [2.75, 3.05) is 0 Å². The van der Waals surface area contributed by atoms with Crippen LogP contribution in [0.15, 0.2) is 24.3 Å². The third kappa shape index (κ3) is 2.46. The van der Waals surface area contributed by atoms with Gasteiger partial charge in [0.2, 0.25) is 0 Å². The molecular formula is C10H9ClN2OS. The van der Waals surface area contributed by atoms with E-state index in [2.05, 4.69) is 9.59 Å². The normalized spacial score (nSPS) is 10.3. The highest BCUT2D eigenvalue weighted by Crippen LogP contribution is 2.21. The van der Waals surface area contributed by atoms with E-state index in [1.807, 2.05) is 31.2 Å². The second-order valence-electron chi connectivity index (χ2n) is 3.05. The van der Waals surface area contributed by atoms with Gasteiger partial charge in [0.15, 0.2) is 0 Å². The molecule has 78 valence electrons. The first kappa shape index (κ1) is 10.4. The van der Waals surface area contributed by atoms with Crippen molar-refractivity contribution < 1.29 is 4.74 Å². The van der Waals surface area contributed by atoms with E-state index in [0.29, 0.717) is 16.6 Å². The summed E-state index contributed by atoms with van der Waals surface area (Å²) in [6.07, 6.45) is 0. The smallest absolute Gasteiger partial charge is 0.141 e. The first-order valence-electron chi connectivity index (χ1n) is 4.42. The summed E-state index contributed by atoms with van der Waals surface area (Å²) in [5.41, 5.74) is 1.78. The molecule has 0 atom stereocenters. The lowest BCUT2D eigenvalue weighted by Gasteiger charge is -2.06. The quantitative estimate of drug-likeness (QED) is 0.827. The zero-order valence-corrected chi connectivity index (χ0v) is 9.68. The van der Waals surface area contributed by atoms with Crippen molar-refractivity contribution in [3.8, 4) is 5.75 Å². The molecule has 2 aromatic rings. The van der Waals surface area contributed by atoms with Gasteiger partial charge in [-0.3, -0.25) is 0 Å². The maximum absolute atomic E-state index is 5.86. The maximum atomic E-state index is 5.86. The zero-order chi connectivity index (χ0) is 10.7. The van der Waals surface area contributed by atoms with E-state index >= 15 is 0 Å². The molecule has 1 aromatic carbocycles. The topological polar surface area (TPSA) is 35.0 Å². The van der Waals surface area contributed by atoms with Gasteiger partial charge in [-0.15, -0.1) is 5.10 Å². The molecule has 0 amide bonds. The van der Waals surface area contributed by atoms with Gasteiger partial charge in [-0.1, -0.05) is 34.3 Å². The van der Waals surface area contributed by atoms with Crippen LogP contribution in [0.1, 0.15) is 11.3 Å².